The first-order valence-electron chi connectivity index (χ1n) is 4.49. The molecule has 1 unspecified atom stereocenters. The lowest BCUT2D eigenvalue weighted by molar-refractivity contribution is -0.215. The maximum absolute atomic E-state index is 12.0. The van der Waals surface area contributed by atoms with E-state index in [4.69, 9.17) is 5.11 Å². The minimum Gasteiger partial charge on any atom is -0.481 e. The summed E-state index contributed by atoms with van der Waals surface area (Å²) >= 11 is 0. The SMILES string of the molecule is CC(OCCC(C)(C)C(=O)O)C(F)(F)F. The van der Waals surface area contributed by atoms with Crippen molar-refractivity contribution in [2.45, 2.75) is 39.5 Å². The van der Waals surface area contributed by atoms with Crippen LogP contribution in [0.2, 0.25) is 0 Å². The van der Waals surface area contributed by atoms with Crippen molar-refractivity contribution in [3.8, 4) is 0 Å². The zero-order chi connectivity index (χ0) is 12.3. The van der Waals surface area contributed by atoms with Crippen LogP contribution in [0.1, 0.15) is 27.2 Å². The minimum atomic E-state index is -4.40. The molecule has 0 aliphatic heterocycles. The quantitative estimate of drug-likeness (QED) is 0.786. The normalized spacial score (nSPS) is 15.1. The highest BCUT2D eigenvalue weighted by Gasteiger charge is 2.37. The van der Waals surface area contributed by atoms with Gasteiger partial charge in [0.15, 0.2) is 6.10 Å². The van der Waals surface area contributed by atoms with E-state index in [1.54, 1.807) is 0 Å². The Morgan fingerprint density at radius 2 is 1.87 bits per heavy atom. The summed E-state index contributed by atoms with van der Waals surface area (Å²) in [4.78, 5) is 10.6. The van der Waals surface area contributed by atoms with Gasteiger partial charge in [0.1, 0.15) is 0 Å². The molecule has 6 heteroatoms. The van der Waals surface area contributed by atoms with Gasteiger partial charge in [-0.05, 0) is 27.2 Å². The Morgan fingerprint density at radius 1 is 1.40 bits per heavy atom. The van der Waals surface area contributed by atoms with Crippen molar-refractivity contribution in [3.05, 3.63) is 0 Å². The van der Waals surface area contributed by atoms with Gasteiger partial charge >= 0.3 is 12.1 Å². The van der Waals surface area contributed by atoms with Crippen LogP contribution in [-0.2, 0) is 9.53 Å². The molecule has 0 saturated carbocycles. The van der Waals surface area contributed by atoms with Crippen LogP contribution in [0.4, 0.5) is 13.2 Å². The number of alkyl halides is 3. The standard InChI is InChI=1S/C9H15F3O3/c1-6(9(10,11)12)15-5-4-8(2,3)7(13)14/h6H,4-5H2,1-3H3,(H,13,14). The van der Waals surface area contributed by atoms with E-state index < -0.39 is 23.7 Å². The molecule has 0 heterocycles. The van der Waals surface area contributed by atoms with E-state index in [9.17, 15) is 18.0 Å². The summed E-state index contributed by atoms with van der Waals surface area (Å²) in [5.41, 5.74) is -1.06. The summed E-state index contributed by atoms with van der Waals surface area (Å²) in [6.45, 7) is 3.56. The lowest BCUT2D eigenvalue weighted by atomic mass is 9.90. The molecule has 0 saturated heterocycles. The van der Waals surface area contributed by atoms with Gasteiger partial charge in [-0.3, -0.25) is 4.79 Å². The van der Waals surface area contributed by atoms with E-state index in [2.05, 4.69) is 4.74 Å². The van der Waals surface area contributed by atoms with E-state index in [1.807, 2.05) is 0 Å². The second-order valence-corrected chi connectivity index (χ2v) is 3.99. The number of carboxylic acid groups (broad SMARTS) is 1. The first-order valence-corrected chi connectivity index (χ1v) is 4.49. The third-order valence-corrected chi connectivity index (χ3v) is 2.13. The molecule has 0 fully saturated rings. The van der Waals surface area contributed by atoms with Crippen molar-refractivity contribution in [2.24, 2.45) is 5.41 Å². The lowest BCUT2D eigenvalue weighted by Crippen LogP contribution is -2.31. The van der Waals surface area contributed by atoms with Gasteiger partial charge in [-0.1, -0.05) is 0 Å². The van der Waals surface area contributed by atoms with Gasteiger partial charge in [0.2, 0.25) is 0 Å². The molecule has 1 N–H and O–H groups in total. The first-order chi connectivity index (χ1) is 6.57. The smallest absolute Gasteiger partial charge is 0.414 e. The van der Waals surface area contributed by atoms with Crippen LogP contribution in [0.15, 0.2) is 0 Å². The molecule has 3 nitrogen and oxygen atoms in total. The summed E-state index contributed by atoms with van der Waals surface area (Å²) in [6.07, 6.45) is -6.21. The minimum absolute atomic E-state index is 0.0444. The molecular weight excluding hydrogens is 213 g/mol. The fraction of sp³-hybridized carbons (Fsp3) is 0.889. The van der Waals surface area contributed by atoms with E-state index in [-0.39, 0.29) is 13.0 Å². The monoisotopic (exact) mass is 228 g/mol. The molecule has 1 atom stereocenters. The van der Waals surface area contributed by atoms with Crippen molar-refractivity contribution in [2.75, 3.05) is 6.61 Å². The molecule has 0 aromatic rings. The third-order valence-electron chi connectivity index (χ3n) is 2.13. The number of ether oxygens (including phenoxy) is 1. The molecule has 0 aliphatic carbocycles. The predicted octanol–water partition coefficient (Wildman–Crippen LogP) is 2.45. The third kappa shape index (κ3) is 5.01. The second kappa shape index (κ2) is 4.83. The Morgan fingerprint density at radius 3 is 2.20 bits per heavy atom. The maximum atomic E-state index is 12.0. The molecular formula is C9H15F3O3. The van der Waals surface area contributed by atoms with Gasteiger partial charge in [0, 0.05) is 6.61 Å². The van der Waals surface area contributed by atoms with Crippen LogP contribution in [0.3, 0.4) is 0 Å². The summed E-state index contributed by atoms with van der Waals surface area (Å²) in [7, 11) is 0. The second-order valence-electron chi connectivity index (χ2n) is 3.99. The Hall–Kier alpha value is -0.780. The van der Waals surface area contributed by atoms with Crippen molar-refractivity contribution in [3.63, 3.8) is 0 Å². The van der Waals surface area contributed by atoms with E-state index in [1.165, 1.54) is 13.8 Å². The highest BCUT2D eigenvalue weighted by Crippen LogP contribution is 2.25. The van der Waals surface area contributed by atoms with Crippen LogP contribution in [0.5, 0.6) is 0 Å². The first kappa shape index (κ1) is 14.2. The van der Waals surface area contributed by atoms with E-state index in [0.717, 1.165) is 6.92 Å². The maximum Gasteiger partial charge on any atom is 0.414 e. The van der Waals surface area contributed by atoms with Crippen molar-refractivity contribution in [1.29, 1.82) is 0 Å². The fourth-order valence-electron chi connectivity index (χ4n) is 0.692. The predicted molar refractivity (Wildman–Crippen MR) is 47.5 cm³/mol. The number of halogens is 3. The largest absolute Gasteiger partial charge is 0.481 e. The molecule has 0 rings (SSSR count). The number of carbonyl (C=O) groups is 1. The summed E-state index contributed by atoms with van der Waals surface area (Å²) in [5.74, 6) is -1.05. The Kier molecular flexibility index (Phi) is 4.58. The van der Waals surface area contributed by atoms with Crippen molar-refractivity contribution >= 4 is 5.97 Å². The molecule has 90 valence electrons. The van der Waals surface area contributed by atoms with Gasteiger partial charge < -0.3 is 9.84 Å². The fourth-order valence-corrected chi connectivity index (χ4v) is 0.692. The number of hydrogen-bond acceptors (Lipinski definition) is 2. The Bertz CT molecular complexity index is 223. The average Bonchev–Trinajstić information content (AvgIpc) is 2.01. The highest BCUT2D eigenvalue weighted by molar-refractivity contribution is 5.73. The molecule has 0 aliphatic rings. The van der Waals surface area contributed by atoms with Crippen LogP contribution in [-0.4, -0.2) is 30.0 Å². The van der Waals surface area contributed by atoms with Gasteiger partial charge in [-0.25, -0.2) is 0 Å². The summed E-state index contributed by atoms with van der Waals surface area (Å²) in [5, 5.41) is 8.69. The van der Waals surface area contributed by atoms with E-state index >= 15 is 0 Å². The molecule has 0 bridgehead atoms. The van der Waals surface area contributed by atoms with Crippen LogP contribution in [0, 0.1) is 5.41 Å². The molecule has 0 spiro atoms. The van der Waals surface area contributed by atoms with Crippen molar-refractivity contribution < 1.29 is 27.8 Å². The zero-order valence-electron chi connectivity index (χ0n) is 8.89. The average molecular weight is 228 g/mol. The highest BCUT2D eigenvalue weighted by atomic mass is 19.4. The topological polar surface area (TPSA) is 46.5 Å². The number of rotatable bonds is 5. The number of carboxylic acids is 1. The molecule has 15 heavy (non-hydrogen) atoms. The van der Waals surface area contributed by atoms with Gasteiger partial charge in [-0.2, -0.15) is 13.2 Å². The van der Waals surface area contributed by atoms with Crippen LogP contribution < -0.4 is 0 Å². The molecule has 0 amide bonds. The van der Waals surface area contributed by atoms with Crippen LogP contribution >= 0.6 is 0 Å². The Labute approximate surface area is 86.2 Å². The van der Waals surface area contributed by atoms with E-state index in [0.29, 0.717) is 0 Å². The number of hydrogen-bond donors (Lipinski definition) is 1. The Balaban J connectivity index is 3.95. The number of aliphatic carboxylic acids is 1. The molecule has 0 aromatic carbocycles. The lowest BCUT2D eigenvalue weighted by Gasteiger charge is -2.21. The van der Waals surface area contributed by atoms with Gasteiger partial charge in [0.25, 0.3) is 0 Å². The van der Waals surface area contributed by atoms with Gasteiger partial charge in [-0.15, -0.1) is 0 Å². The van der Waals surface area contributed by atoms with Crippen LogP contribution in [0.25, 0.3) is 0 Å². The summed E-state index contributed by atoms with van der Waals surface area (Å²) < 4.78 is 40.5. The van der Waals surface area contributed by atoms with Crippen molar-refractivity contribution in [1.82, 2.24) is 0 Å². The van der Waals surface area contributed by atoms with Gasteiger partial charge in [0.05, 0.1) is 5.41 Å². The zero-order valence-corrected chi connectivity index (χ0v) is 8.89. The molecule has 0 radical (unpaired) electrons. The summed E-state index contributed by atoms with van der Waals surface area (Å²) in [6, 6.07) is 0. The molecule has 0 aromatic heterocycles.